The van der Waals surface area contributed by atoms with Crippen molar-refractivity contribution >= 4 is 33.9 Å². The predicted molar refractivity (Wildman–Crippen MR) is 132 cm³/mol. The fourth-order valence-corrected chi connectivity index (χ4v) is 4.19. The van der Waals surface area contributed by atoms with E-state index in [0.29, 0.717) is 17.3 Å². The highest BCUT2D eigenvalue weighted by atomic mass is 16.5. The van der Waals surface area contributed by atoms with E-state index in [1.165, 1.54) is 0 Å². The molecule has 8 nitrogen and oxygen atoms in total. The Morgan fingerprint density at radius 1 is 1.12 bits per heavy atom. The van der Waals surface area contributed by atoms with Crippen LogP contribution >= 0.6 is 0 Å². The minimum absolute atomic E-state index is 0.0955. The Kier molecular flexibility index (Phi) is 5.41. The van der Waals surface area contributed by atoms with E-state index >= 15 is 0 Å². The molecular weight excluding hydrogens is 430 g/mol. The van der Waals surface area contributed by atoms with Crippen LogP contribution in [-0.4, -0.2) is 30.8 Å². The van der Waals surface area contributed by atoms with Gasteiger partial charge in [-0.05, 0) is 55.3 Å². The van der Waals surface area contributed by atoms with Crippen molar-refractivity contribution < 1.29 is 14.6 Å². The van der Waals surface area contributed by atoms with E-state index in [-0.39, 0.29) is 19.1 Å². The van der Waals surface area contributed by atoms with Crippen molar-refractivity contribution in [2.24, 2.45) is 0 Å². The number of imidazole rings is 1. The lowest BCUT2D eigenvalue weighted by atomic mass is 10.0. The third-order valence-electron chi connectivity index (χ3n) is 5.79. The van der Waals surface area contributed by atoms with Crippen LogP contribution in [0, 0.1) is 0 Å². The predicted octanol–water partition coefficient (Wildman–Crippen LogP) is 4.95. The number of carbonyl (C=O) groups is 1. The highest BCUT2D eigenvalue weighted by Gasteiger charge is 2.16. The Balaban J connectivity index is 1.53. The van der Waals surface area contributed by atoms with Crippen molar-refractivity contribution in [1.29, 1.82) is 0 Å². The summed E-state index contributed by atoms with van der Waals surface area (Å²) in [6, 6.07) is 19.6. The number of H-pyrrole nitrogens is 1. The smallest absolute Gasteiger partial charge is 0.307 e. The van der Waals surface area contributed by atoms with Crippen molar-refractivity contribution in [2.45, 2.75) is 32.9 Å². The Hall–Kier alpha value is -4.33. The lowest BCUT2D eigenvalue weighted by molar-refractivity contribution is -0.136. The second kappa shape index (κ2) is 8.55. The summed E-state index contributed by atoms with van der Waals surface area (Å²) in [6.45, 7) is 4.40. The van der Waals surface area contributed by atoms with Crippen LogP contribution in [-0.2, 0) is 17.8 Å². The number of para-hydroxylation sites is 1. The van der Waals surface area contributed by atoms with Crippen molar-refractivity contribution in [3.8, 4) is 16.9 Å². The summed E-state index contributed by atoms with van der Waals surface area (Å²) in [5.41, 5.74) is 12.0. The first-order valence-corrected chi connectivity index (χ1v) is 11.1. The molecule has 5 aromatic rings. The molecule has 0 atom stereocenters. The summed E-state index contributed by atoms with van der Waals surface area (Å²) >= 11 is 0. The van der Waals surface area contributed by atoms with Gasteiger partial charge in [-0.2, -0.15) is 5.10 Å². The van der Waals surface area contributed by atoms with Crippen molar-refractivity contribution in [1.82, 2.24) is 19.7 Å². The van der Waals surface area contributed by atoms with Crippen LogP contribution in [0.25, 0.3) is 33.1 Å². The number of carboxylic acid groups (broad SMARTS) is 1. The number of benzene rings is 3. The van der Waals surface area contributed by atoms with Gasteiger partial charge in [-0.3, -0.25) is 9.48 Å². The van der Waals surface area contributed by atoms with Crippen LogP contribution < -0.4 is 10.5 Å². The number of nitrogen functional groups attached to an aromatic ring is 1. The number of rotatable bonds is 7. The molecule has 5 rings (SSSR count). The number of hydrogen-bond donors (Lipinski definition) is 3. The molecule has 172 valence electrons. The molecule has 0 bridgehead atoms. The first-order chi connectivity index (χ1) is 16.4. The molecule has 0 aliphatic heterocycles. The van der Waals surface area contributed by atoms with Gasteiger partial charge in [0.25, 0.3) is 0 Å². The van der Waals surface area contributed by atoms with Gasteiger partial charge in [-0.1, -0.05) is 30.3 Å². The first kappa shape index (κ1) is 21.5. The monoisotopic (exact) mass is 455 g/mol. The van der Waals surface area contributed by atoms with Gasteiger partial charge in [0.1, 0.15) is 18.1 Å². The van der Waals surface area contributed by atoms with Gasteiger partial charge >= 0.3 is 5.97 Å². The van der Waals surface area contributed by atoms with E-state index in [4.69, 9.17) is 15.6 Å². The van der Waals surface area contributed by atoms with Gasteiger partial charge in [0.15, 0.2) is 5.95 Å². The number of aromatic nitrogens is 4. The van der Waals surface area contributed by atoms with E-state index in [1.54, 1.807) is 12.1 Å². The van der Waals surface area contributed by atoms with Crippen LogP contribution in [0.2, 0.25) is 0 Å². The quantitative estimate of drug-likeness (QED) is 0.319. The molecule has 2 heterocycles. The molecule has 0 spiro atoms. The summed E-state index contributed by atoms with van der Waals surface area (Å²) in [4.78, 5) is 18.6. The summed E-state index contributed by atoms with van der Waals surface area (Å²) < 4.78 is 8.05. The zero-order valence-corrected chi connectivity index (χ0v) is 18.9. The zero-order chi connectivity index (χ0) is 23.8. The Labute approximate surface area is 196 Å². The molecule has 0 unspecified atom stereocenters. The number of ether oxygens (including phenoxy) is 1. The molecule has 0 aliphatic rings. The van der Waals surface area contributed by atoms with Crippen LogP contribution in [0.5, 0.6) is 5.75 Å². The molecule has 0 amide bonds. The first-order valence-electron chi connectivity index (χ1n) is 11.1. The maximum absolute atomic E-state index is 11.2. The number of fused-ring (bicyclic) bond motifs is 2. The normalized spacial score (nSPS) is 11.5. The summed E-state index contributed by atoms with van der Waals surface area (Å²) in [5.74, 6) is 0.0455. The number of nitrogens with two attached hydrogens (primary N) is 1. The standard InChI is InChI=1S/C26H25N5O3/c1-15(2)31-23-10-8-16(17-7-9-20-21(12-17)29-26(27)28-20)11-19(23)22(30-31)14-34-24-6-4-3-5-18(24)13-25(32)33/h3-12,15H,13-14H2,1-2H3,(H,32,33)(H3,27,28,29). The SMILES string of the molecule is CC(C)n1nc(COc2ccccc2CC(=O)O)c2cc(-c3ccc4[nH]c(N)nc4c3)ccc21. The third-order valence-corrected chi connectivity index (χ3v) is 5.79. The van der Waals surface area contributed by atoms with Crippen LogP contribution in [0.15, 0.2) is 60.7 Å². The van der Waals surface area contributed by atoms with Crippen molar-refractivity contribution in [3.63, 3.8) is 0 Å². The highest BCUT2D eigenvalue weighted by Crippen LogP contribution is 2.31. The largest absolute Gasteiger partial charge is 0.487 e. The number of nitrogens with one attached hydrogen (secondary N) is 1. The van der Waals surface area contributed by atoms with Gasteiger partial charge in [-0.25, -0.2) is 4.98 Å². The van der Waals surface area contributed by atoms with E-state index in [0.717, 1.165) is 38.8 Å². The number of hydrogen-bond acceptors (Lipinski definition) is 5. The Bertz CT molecular complexity index is 1520. The minimum atomic E-state index is -0.897. The number of aromatic amines is 1. The fraction of sp³-hybridized carbons (Fsp3) is 0.192. The molecule has 0 fully saturated rings. The molecule has 0 saturated heterocycles. The average Bonchev–Trinajstić information content (AvgIpc) is 3.36. The summed E-state index contributed by atoms with van der Waals surface area (Å²) in [5, 5.41) is 15.0. The minimum Gasteiger partial charge on any atom is -0.487 e. The summed E-state index contributed by atoms with van der Waals surface area (Å²) in [7, 11) is 0. The van der Waals surface area contributed by atoms with E-state index in [2.05, 4.69) is 42.0 Å². The second-order valence-electron chi connectivity index (χ2n) is 8.54. The number of anilines is 1. The lowest BCUT2D eigenvalue weighted by Gasteiger charge is -2.09. The molecule has 0 saturated carbocycles. The molecule has 34 heavy (non-hydrogen) atoms. The summed E-state index contributed by atoms with van der Waals surface area (Å²) in [6.07, 6.45) is -0.0955. The zero-order valence-electron chi connectivity index (χ0n) is 18.9. The van der Waals surface area contributed by atoms with E-state index < -0.39 is 5.97 Å². The van der Waals surface area contributed by atoms with E-state index in [9.17, 15) is 9.90 Å². The van der Waals surface area contributed by atoms with Gasteiger partial charge < -0.3 is 20.6 Å². The average molecular weight is 456 g/mol. The molecule has 2 aromatic heterocycles. The molecular formula is C26H25N5O3. The molecule has 8 heteroatoms. The Morgan fingerprint density at radius 2 is 1.88 bits per heavy atom. The fourth-order valence-electron chi connectivity index (χ4n) is 4.19. The van der Waals surface area contributed by atoms with Crippen LogP contribution in [0.4, 0.5) is 5.95 Å². The molecule has 0 radical (unpaired) electrons. The van der Waals surface area contributed by atoms with Gasteiger partial charge in [0, 0.05) is 17.0 Å². The molecule has 0 aliphatic carbocycles. The topological polar surface area (TPSA) is 119 Å². The number of carboxylic acids is 1. The number of nitrogens with zero attached hydrogens (tertiary/aromatic N) is 3. The lowest BCUT2D eigenvalue weighted by Crippen LogP contribution is -2.06. The van der Waals surface area contributed by atoms with Crippen LogP contribution in [0.1, 0.15) is 31.1 Å². The van der Waals surface area contributed by atoms with Crippen LogP contribution in [0.3, 0.4) is 0 Å². The maximum atomic E-state index is 11.2. The van der Waals surface area contributed by atoms with Crippen molar-refractivity contribution in [3.05, 3.63) is 71.9 Å². The van der Waals surface area contributed by atoms with E-state index in [1.807, 2.05) is 35.0 Å². The van der Waals surface area contributed by atoms with Gasteiger partial charge in [-0.15, -0.1) is 0 Å². The number of aliphatic carboxylic acids is 1. The third kappa shape index (κ3) is 4.05. The maximum Gasteiger partial charge on any atom is 0.307 e. The van der Waals surface area contributed by atoms with Gasteiger partial charge in [0.05, 0.1) is 23.0 Å². The second-order valence-corrected chi connectivity index (χ2v) is 8.54. The van der Waals surface area contributed by atoms with Crippen molar-refractivity contribution in [2.75, 3.05) is 5.73 Å². The molecule has 4 N–H and O–H groups in total. The molecule has 3 aromatic carbocycles. The highest BCUT2D eigenvalue weighted by molar-refractivity contribution is 5.89. The Morgan fingerprint density at radius 3 is 2.68 bits per heavy atom. The van der Waals surface area contributed by atoms with Gasteiger partial charge in [0.2, 0.25) is 0 Å².